The van der Waals surface area contributed by atoms with E-state index in [1.54, 1.807) is 0 Å². The van der Waals surface area contributed by atoms with Crippen molar-refractivity contribution in [2.45, 2.75) is 6.54 Å². The van der Waals surface area contributed by atoms with E-state index < -0.39 is 27.6 Å². The number of benzene rings is 2. The van der Waals surface area contributed by atoms with Crippen molar-refractivity contribution in [3.05, 3.63) is 71.3 Å². The predicted octanol–water partition coefficient (Wildman–Crippen LogP) is 1.81. The van der Waals surface area contributed by atoms with Crippen LogP contribution in [0.5, 0.6) is 0 Å². The van der Waals surface area contributed by atoms with E-state index in [-0.39, 0.29) is 24.4 Å². The number of carbonyl (C=O) groups is 1. The molecular formula is C16H16F2N2O3S. The highest BCUT2D eigenvalue weighted by molar-refractivity contribution is 7.89. The second-order valence-electron chi connectivity index (χ2n) is 5.03. The number of amides is 1. The fraction of sp³-hybridized carbons (Fsp3) is 0.188. The predicted molar refractivity (Wildman–Crippen MR) is 85.8 cm³/mol. The van der Waals surface area contributed by atoms with Gasteiger partial charge in [0, 0.05) is 18.7 Å². The summed E-state index contributed by atoms with van der Waals surface area (Å²) in [6, 6.07) is 10.4. The molecule has 0 aliphatic rings. The summed E-state index contributed by atoms with van der Waals surface area (Å²) in [5, 5.41) is 2.45. The fourth-order valence-corrected chi connectivity index (χ4v) is 2.77. The number of nitrogens with one attached hydrogen (secondary N) is 2. The average molecular weight is 354 g/mol. The number of rotatable bonds is 7. The third-order valence-corrected chi connectivity index (χ3v) is 4.50. The topological polar surface area (TPSA) is 75.3 Å². The van der Waals surface area contributed by atoms with Gasteiger partial charge in [-0.3, -0.25) is 4.79 Å². The zero-order valence-corrected chi connectivity index (χ0v) is 13.4. The van der Waals surface area contributed by atoms with Crippen LogP contribution < -0.4 is 10.0 Å². The Kier molecular flexibility index (Phi) is 5.99. The Morgan fingerprint density at radius 2 is 1.46 bits per heavy atom. The molecule has 128 valence electrons. The van der Waals surface area contributed by atoms with Crippen molar-refractivity contribution in [3.8, 4) is 0 Å². The first-order chi connectivity index (χ1) is 11.4. The van der Waals surface area contributed by atoms with Gasteiger partial charge in [0.1, 0.15) is 11.6 Å². The van der Waals surface area contributed by atoms with Gasteiger partial charge in [-0.2, -0.15) is 0 Å². The SMILES string of the molecule is O=C(NCCS(=O)(=O)NCc1ccc(F)cc1)c1ccc(F)cc1. The number of sulfonamides is 1. The number of hydrogen-bond acceptors (Lipinski definition) is 3. The Hall–Kier alpha value is -2.32. The van der Waals surface area contributed by atoms with Crippen LogP contribution in [0.15, 0.2) is 48.5 Å². The summed E-state index contributed by atoms with van der Waals surface area (Å²) in [5.41, 5.74) is 0.864. The van der Waals surface area contributed by atoms with Crippen molar-refractivity contribution in [1.29, 1.82) is 0 Å². The highest BCUT2D eigenvalue weighted by atomic mass is 32.2. The van der Waals surface area contributed by atoms with Gasteiger partial charge in [0.2, 0.25) is 10.0 Å². The molecule has 0 aromatic heterocycles. The lowest BCUT2D eigenvalue weighted by Gasteiger charge is -2.08. The van der Waals surface area contributed by atoms with E-state index in [0.29, 0.717) is 5.56 Å². The Labute approximate surface area is 138 Å². The average Bonchev–Trinajstić information content (AvgIpc) is 2.55. The molecular weight excluding hydrogens is 338 g/mol. The molecule has 0 fully saturated rings. The Morgan fingerprint density at radius 3 is 2.04 bits per heavy atom. The molecule has 0 spiro atoms. The first kappa shape index (κ1) is 18.0. The molecule has 24 heavy (non-hydrogen) atoms. The lowest BCUT2D eigenvalue weighted by molar-refractivity contribution is 0.0956. The fourth-order valence-electron chi connectivity index (χ4n) is 1.87. The second kappa shape index (κ2) is 7.98. The highest BCUT2D eigenvalue weighted by Gasteiger charge is 2.11. The van der Waals surface area contributed by atoms with Crippen molar-refractivity contribution in [2.24, 2.45) is 0 Å². The van der Waals surface area contributed by atoms with Crippen LogP contribution in [-0.4, -0.2) is 26.6 Å². The summed E-state index contributed by atoms with van der Waals surface area (Å²) in [5.74, 6) is -1.64. The molecule has 0 unspecified atom stereocenters. The summed E-state index contributed by atoms with van der Waals surface area (Å²) in [4.78, 5) is 11.8. The molecule has 0 atom stereocenters. The molecule has 2 aromatic rings. The molecule has 0 aliphatic carbocycles. The Bertz CT molecular complexity index is 791. The van der Waals surface area contributed by atoms with Crippen molar-refractivity contribution in [2.75, 3.05) is 12.3 Å². The van der Waals surface area contributed by atoms with Crippen LogP contribution in [0, 0.1) is 11.6 Å². The first-order valence-electron chi connectivity index (χ1n) is 7.11. The van der Waals surface area contributed by atoms with Crippen molar-refractivity contribution in [3.63, 3.8) is 0 Å². The lowest BCUT2D eigenvalue weighted by atomic mass is 10.2. The first-order valence-corrected chi connectivity index (χ1v) is 8.76. The number of hydrogen-bond donors (Lipinski definition) is 2. The van der Waals surface area contributed by atoms with Crippen LogP contribution in [-0.2, 0) is 16.6 Å². The minimum absolute atomic E-state index is 0.0362. The molecule has 5 nitrogen and oxygen atoms in total. The van der Waals surface area contributed by atoms with Crippen LogP contribution in [0.2, 0.25) is 0 Å². The van der Waals surface area contributed by atoms with E-state index in [0.717, 1.165) is 12.1 Å². The molecule has 0 radical (unpaired) electrons. The third-order valence-electron chi connectivity index (χ3n) is 3.17. The highest BCUT2D eigenvalue weighted by Crippen LogP contribution is 2.04. The normalized spacial score (nSPS) is 11.2. The van der Waals surface area contributed by atoms with Crippen LogP contribution in [0.25, 0.3) is 0 Å². The lowest BCUT2D eigenvalue weighted by Crippen LogP contribution is -2.34. The molecule has 2 aromatic carbocycles. The summed E-state index contributed by atoms with van der Waals surface area (Å²) in [6.07, 6.45) is 0. The van der Waals surface area contributed by atoms with E-state index in [1.807, 2.05) is 0 Å². The van der Waals surface area contributed by atoms with Gasteiger partial charge in [-0.15, -0.1) is 0 Å². The third kappa shape index (κ3) is 5.71. The van der Waals surface area contributed by atoms with Gasteiger partial charge in [-0.05, 0) is 42.0 Å². The van der Waals surface area contributed by atoms with Gasteiger partial charge in [0.25, 0.3) is 5.91 Å². The molecule has 2 rings (SSSR count). The quantitative estimate of drug-likeness (QED) is 0.796. The molecule has 8 heteroatoms. The van der Waals surface area contributed by atoms with E-state index in [9.17, 15) is 22.0 Å². The molecule has 0 saturated heterocycles. The van der Waals surface area contributed by atoms with Crippen molar-refractivity contribution in [1.82, 2.24) is 10.0 Å². The maximum atomic E-state index is 12.8. The standard InChI is InChI=1S/C16H16F2N2O3S/c17-14-5-1-12(2-6-14)11-20-24(22,23)10-9-19-16(21)13-3-7-15(18)8-4-13/h1-8,20H,9-11H2,(H,19,21). The van der Waals surface area contributed by atoms with Gasteiger partial charge in [0.15, 0.2) is 0 Å². The Morgan fingerprint density at radius 1 is 0.917 bits per heavy atom. The van der Waals surface area contributed by atoms with Gasteiger partial charge < -0.3 is 5.32 Å². The van der Waals surface area contributed by atoms with E-state index in [1.165, 1.54) is 36.4 Å². The maximum Gasteiger partial charge on any atom is 0.251 e. The van der Waals surface area contributed by atoms with Gasteiger partial charge >= 0.3 is 0 Å². The molecule has 0 bridgehead atoms. The molecule has 1 amide bonds. The van der Waals surface area contributed by atoms with Gasteiger partial charge in [-0.1, -0.05) is 12.1 Å². The van der Waals surface area contributed by atoms with Crippen molar-refractivity contribution < 1.29 is 22.0 Å². The Balaban J connectivity index is 1.78. The number of halogens is 2. The maximum absolute atomic E-state index is 12.8. The van der Waals surface area contributed by atoms with Gasteiger partial charge in [0.05, 0.1) is 5.75 Å². The summed E-state index contributed by atoms with van der Waals surface area (Å²) in [7, 11) is -3.59. The summed E-state index contributed by atoms with van der Waals surface area (Å²) >= 11 is 0. The summed E-state index contributed by atoms with van der Waals surface area (Å²) in [6.45, 7) is -0.0521. The minimum Gasteiger partial charge on any atom is -0.351 e. The van der Waals surface area contributed by atoms with E-state index in [4.69, 9.17) is 0 Å². The second-order valence-corrected chi connectivity index (χ2v) is 6.96. The van der Waals surface area contributed by atoms with Crippen LogP contribution in [0.3, 0.4) is 0 Å². The molecule has 2 N–H and O–H groups in total. The summed E-state index contributed by atoms with van der Waals surface area (Å²) < 4.78 is 51.6. The van der Waals surface area contributed by atoms with Crippen LogP contribution in [0.4, 0.5) is 8.78 Å². The van der Waals surface area contributed by atoms with E-state index in [2.05, 4.69) is 10.0 Å². The van der Waals surface area contributed by atoms with E-state index >= 15 is 0 Å². The van der Waals surface area contributed by atoms with Crippen LogP contribution >= 0.6 is 0 Å². The smallest absolute Gasteiger partial charge is 0.251 e. The van der Waals surface area contributed by atoms with Gasteiger partial charge in [-0.25, -0.2) is 21.9 Å². The largest absolute Gasteiger partial charge is 0.351 e. The molecule has 0 saturated carbocycles. The monoisotopic (exact) mass is 354 g/mol. The zero-order chi connectivity index (χ0) is 17.6. The molecule has 0 aliphatic heterocycles. The molecule has 0 heterocycles. The zero-order valence-electron chi connectivity index (χ0n) is 12.6. The van der Waals surface area contributed by atoms with Crippen LogP contribution in [0.1, 0.15) is 15.9 Å². The number of carbonyl (C=O) groups excluding carboxylic acids is 1. The minimum atomic E-state index is -3.59. The van der Waals surface area contributed by atoms with Crippen molar-refractivity contribution >= 4 is 15.9 Å².